The Hall–Kier alpha value is -3.02. The molecule has 0 radical (unpaired) electrons. The maximum Gasteiger partial charge on any atom is 0.308 e. The van der Waals surface area contributed by atoms with Crippen molar-refractivity contribution in [3.8, 4) is 11.5 Å². The van der Waals surface area contributed by atoms with Crippen molar-refractivity contribution >= 4 is 11.9 Å². The predicted octanol–water partition coefficient (Wildman–Crippen LogP) is 2.90. The van der Waals surface area contributed by atoms with Gasteiger partial charge in [0, 0.05) is 6.07 Å². The van der Waals surface area contributed by atoms with E-state index < -0.39 is 23.8 Å². The summed E-state index contributed by atoms with van der Waals surface area (Å²) in [6, 6.07) is 13.2. The highest BCUT2D eigenvalue weighted by atomic mass is 16.5. The highest BCUT2D eigenvalue weighted by Crippen LogP contribution is 2.27. The number of rotatable bonds is 7. The lowest BCUT2D eigenvalue weighted by Crippen LogP contribution is -2.35. The summed E-state index contributed by atoms with van der Waals surface area (Å²) in [6.07, 6.45) is 0. The fraction of sp³-hybridized carbons (Fsp3) is 0.263. The molecule has 6 nitrogen and oxygen atoms in total. The first-order chi connectivity index (χ1) is 12.0. The molecule has 6 heteroatoms. The average Bonchev–Trinajstić information content (AvgIpc) is 2.65. The summed E-state index contributed by atoms with van der Waals surface area (Å²) < 4.78 is 10.4. The van der Waals surface area contributed by atoms with E-state index in [1.165, 1.54) is 14.2 Å². The van der Waals surface area contributed by atoms with Gasteiger partial charge in [-0.25, -0.2) is 0 Å². The Morgan fingerprint density at radius 1 is 1.04 bits per heavy atom. The van der Waals surface area contributed by atoms with Gasteiger partial charge in [0.25, 0.3) is 5.91 Å². The smallest absolute Gasteiger partial charge is 0.308 e. The highest BCUT2D eigenvalue weighted by molar-refractivity contribution is 5.97. The maximum absolute atomic E-state index is 12.7. The summed E-state index contributed by atoms with van der Waals surface area (Å²) in [7, 11) is 2.98. The van der Waals surface area contributed by atoms with E-state index >= 15 is 0 Å². The molecule has 0 heterocycles. The van der Waals surface area contributed by atoms with Gasteiger partial charge in [0.2, 0.25) is 0 Å². The van der Waals surface area contributed by atoms with E-state index in [1.54, 1.807) is 49.4 Å². The summed E-state index contributed by atoms with van der Waals surface area (Å²) >= 11 is 0. The largest absolute Gasteiger partial charge is 0.497 e. The monoisotopic (exact) mass is 343 g/mol. The first-order valence-electron chi connectivity index (χ1n) is 7.78. The second-order valence-corrected chi connectivity index (χ2v) is 5.55. The van der Waals surface area contributed by atoms with Crippen LogP contribution in [0.2, 0.25) is 0 Å². The number of ether oxygens (including phenoxy) is 2. The molecular weight excluding hydrogens is 322 g/mol. The third-order valence-electron chi connectivity index (χ3n) is 3.99. The summed E-state index contributed by atoms with van der Waals surface area (Å²) in [5.74, 6) is -1.29. The Labute approximate surface area is 146 Å². The van der Waals surface area contributed by atoms with Gasteiger partial charge in [-0.15, -0.1) is 0 Å². The number of hydrogen-bond donors (Lipinski definition) is 2. The molecule has 0 saturated carbocycles. The summed E-state index contributed by atoms with van der Waals surface area (Å²) in [5, 5.41) is 12.2. The fourth-order valence-corrected chi connectivity index (χ4v) is 2.51. The van der Waals surface area contributed by atoms with Crippen molar-refractivity contribution in [1.29, 1.82) is 0 Å². The standard InChI is InChI=1S/C19H21NO5/c1-12(19(22)23)17(13-7-5-4-6-8-13)20-18(21)15-10-9-14(24-2)11-16(15)25-3/h4-12,17H,1-3H3,(H,20,21)(H,22,23). The number of methoxy groups -OCH3 is 2. The second-order valence-electron chi connectivity index (χ2n) is 5.55. The van der Waals surface area contributed by atoms with Crippen molar-refractivity contribution in [2.75, 3.05) is 14.2 Å². The first kappa shape index (κ1) is 18.3. The number of amides is 1. The zero-order chi connectivity index (χ0) is 18.4. The Balaban J connectivity index is 2.33. The van der Waals surface area contributed by atoms with Crippen LogP contribution in [0.3, 0.4) is 0 Å². The SMILES string of the molecule is COc1ccc(C(=O)NC(c2ccccc2)C(C)C(=O)O)c(OC)c1. The number of carboxylic acids is 1. The van der Waals surface area contributed by atoms with Crippen LogP contribution in [-0.2, 0) is 4.79 Å². The molecular formula is C19H21NO5. The van der Waals surface area contributed by atoms with Crippen molar-refractivity contribution in [2.45, 2.75) is 13.0 Å². The van der Waals surface area contributed by atoms with Gasteiger partial charge < -0.3 is 19.9 Å². The number of carbonyl (C=O) groups excluding carboxylic acids is 1. The Morgan fingerprint density at radius 2 is 1.72 bits per heavy atom. The van der Waals surface area contributed by atoms with Gasteiger partial charge in [0.1, 0.15) is 11.5 Å². The van der Waals surface area contributed by atoms with Crippen LogP contribution in [0.25, 0.3) is 0 Å². The lowest BCUT2D eigenvalue weighted by molar-refractivity contribution is -0.142. The van der Waals surface area contributed by atoms with Crippen LogP contribution in [0.1, 0.15) is 28.9 Å². The fourth-order valence-electron chi connectivity index (χ4n) is 2.51. The predicted molar refractivity (Wildman–Crippen MR) is 93.0 cm³/mol. The Bertz CT molecular complexity index is 745. The number of carboxylic acid groups (broad SMARTS) is 1. The van der Waals surface area contributed by atoms with Gasteiger partial charge >= 0.3 is 5.97 Å². The molecule has 2 aromatic carbocycles. The van der Waals surface area contributed by atoms with Crippen LogP contribution < -0.4 is 14.8 Å². The molecule has 2 aromatic rings. The topological polar surface area (TPSA) is 84.9 Å². The lowest BCUT2D eigenvalue weighted by atomic mass is 9.94. The van der Waals surface area contributed by atoms with Crippen molar-refractivity contribution in [2.24, 2.45) is 5.92 Å². The molecule has 132 valence electrons. The van der Waals surface area contributed by atoms with Gasteiger partial charge in [-0.2, -0.15) is 0 Å². The Morgan fingerprint density at radius 3 is 2.28 bits per heavy atom. The van der Waals surface area contributed by atoms with Crippen molar-refractivity contribution in [3.05, 3.63) is 59.7 Å². The van der Waals surface area contributed by atoms with Crippen LogP contribution >= 0.6 is 0 Å². The lowest BCUT2D eigenvalue weighted by Gasteiger charge is -2.23. The van der Waals surface area contributed by atoms with E-state index in [4.69, 9.17) is 9.47 Å². The van der Waals surface area contributed by atoms with Gasteiger partial charge in [0.15, 0.2) is 0 Å². The van der Waals surface area contributed by atoms with E-state index in [9.17, 15) is 14.7 Å². The molecule has 2 unspecified atom stereocenters. The van der Waals surface area contributed by atoms with Crippen molar-refractivity contribution in [3.63, 3.8) is 0 Å². The van der Waals surface area contributed by atoms with E-state index in [0.29, 0.717) is 17.1 Å². The van der Waals surface area contributed by atoms with E-state index in [0.717, 1.165) is 5.56 Å². The number of carbonyl (C=O) groups is 2. The molecule has 0 saturated heterocycles. The minimum Gasteiger partial charge on any atom is -0.497 e. The van der Waals surface area contributed by atoms with E-state index in [1.807, 2.05) is 6.07 Å². The molecule has 0 bridgehead atoms. The molecule has 0 aliphatic rings. The summed E-state index contributed by atoms with van der Waals surface area (Å²) in [6.45, 7) is 1.56. The van der Waals surface area contributed by atoms with Crippen LogP contribution in [-0.4, -0.2) is 31.2 Å². The molecule has 2 atom stereocenters. The van der Waals surface area contributed by atoms with Gasteiger partial charge in [-0.1, -0.05) is 30.3 Å². The van der Waals surface area contributed by atoms with Crippen LogP contribution in [0.5, 0.6) is 11.5 Å². The normalized spacial score (nSPS) is 12.8. The molecule has 1 amide bonds. The third-order valence-corrected chi connectivity index (χ3v) is 3.99. The van der Waals surface area contributed by atoms with Crippen LogP contribution in [0, 0.1) is 5.92 Å². The molecule has 2 N–H and O–H groups in total. The molecule has 0 aliphatic heterocycles. The minimum atomic E-state index is -0.990. The molecule has 0 aromatic heterocycles. The quantitative estimate of drug-likeness (QED) is 0.807. The molecule has 2 rings (SSSR count). The minimum absolute atomic E-state index is 0.307. The van der Waals surface area contributed by atoms with Gasteiger partial charge in [-0.05, 0) is 24.6 Å². The zero-order valence-corrected chi connectivity index (χ0v) is 14.4. The van der Waals surface area contributed by atoms with E-state index in [-0.39, 0.29) is 0 Å². The summed E-state index contributed by atoms with van der Waals surface area (Å²) in [5.41, 5.74) is 1.03. The molecule has 0 fully saturated rings. The van der Waals surface area contributed by atoms with Gasteiger partial charge in [0.05, 0.1) is 31.7 Å². The number of benzene rings is 2. The number of nitrogens with one attached hydrogen (secondary N) is 1. The van der Waals surface area contributed by atoms with E-state index in [2.05, 4.69) is 5.32 Å². The summed E-state index contributed by atoms with van der Waals surface area (Å²) in [4.78, 5) is 24.2. The molecule has 0 spiro atoms. The van der Waals surface area contributed by atoms with Crippen molar-refractivity contribution in [1.82, 2.24) is 5.32 Å². The van der Waals surface area contributed by atoms with Crippen LogP contribution in [0.4, 0.5) is 0 Å². The average molecular weight is 343 g/mol. The van der Waals surface area contributed by atoms with Gasteiger partial charge in [-0.3, -0.25) is 9.59 Å². The van der Waals surface area contributed by atoms with Crippen LogP contribution in [0.15, 0.2) is 48.5 Å². The number of hydrogen-bond acceptors (Lipinski definition) is 4. The zero-order valence-electron chi connectivity index (χ0n) is 14.4. The second kappa shape index (κ2) is 8.19. The highest BCUT2D eigenvalue weighted by Gasteiger charge is 2.28. The Kier molecular flexibility index (Phi) is 6.00. The number of aliphatic carboxylic acids is 1. The first-order valence-corrected chi connectivity index (χ1v) is 7.78. The third kappa shape index (κ3) is 4.29. The molecule has 25 heavy (non-hydrogen) atoms. The molecule has 0 aliphatic carbocycles. The van der Waals surface area contributed by atoms with Crippen molar-refractivity contribution < 1.29 is 24.2 Å². The maximum atomic E-state index is 12.7.